The first kappa shape index (κ1) is 19.7. The molecule has 0 radical (unpaired) electrons. The Morgan fingerprint density at radius 1 is 1.11 bits per heavy atom. The number of carbonyl (C=O) groups is 1. The number of rotatable bonds is 5. The lowest BCUT2D eigenvalue weighted by Gasteiger charge is -2.10. The van der Waals surface area contributed by atoms with Crippen molar-refractivity contribution in [3.63, 3.8) is 0 Å². The van der Waals surface area contributed by atoms with Gasteiger partial charge in [-0.3, -0.25) is 4.79 Å². The van der Waals surface area contributed by atoms with E-state index in [0.29, 0.717) is 5.69 Å². The van der Waals surface area contributed by atoms with Crippen LogP contribution in [-0.4, -0.2) is 24.3 Å². The van der Waals surface area contributed by atoms with Gasteiger partial charge >= 0.3 is 0 Å². The number of hydrogen-bond acceptors (Lipinski definition) is 5. The van der Waals surface area contributed by atoms with Crippen LogP contribution >= 0.6 is 11.6 Å². The summed E-state index contributed by atoms with van der Waals surface area (Å²) in [6, 6.07) is 10.9. The fourth-order valence-electron chi connectivity index (χ4n) is 2.30. The third kappa shape index (κ3) is 4.44. The van der Waals surface area contributed by atoms with Crippen LogP contribution in [0, 0.1) is 12.7 Å². The maximum absolute atomic E-state index is 13.8. The molecular weight excluding hydrogens is 407 g/mol. The number of carbonyl (C=O) groups excluding carboxylic acids is 1. The van der Waals surface area contributed by atoms with Crippen LogP contribution in [-0.2, 0) is 10.0 Å². The van der Waals surface area contributed by atoms with Crippen LogP contribution < -0.4 is 10.0 Å². The first-order valence-corrected chi connectivity index (χ1v) is 9.80. The van der Waals surface area contributed by atoms with Gasteiger partial charge in [0, 0.05) is 17.6 Å². The van der Waals surface area contributed by atoms with Crippen molar-refractivity contribution in [3.05, 3.63) is 76.8 Å². The van der Waals surface area contributed by atoms with Gasteiger partial charge in [0.2, 0.25) is 5.95 Å². The Labute approximate surface area is 165 Å². The molecule has 3 aromatic rings. The molecule has 2 N–H and O–H groups in total. The Balaban J connectivity index is 1.77. The molecule has 0 saturated carbocycles. The third-order valence-electron chi connectivity index (χ3n) is 3.63. The summed E-state index contributed by atoms with van der Waals surface area (Å²) in [5, 5.41) is 2.44. The molecule has 10 heteroatoms. The quantitative estimate of drug-likeness (QED) is 0.656. The van der Waals surface area contributed by atoms with E-state index in [-0.39, 0.29) is 27.1 Å². The van der Waals surface area contributed by atoms with Crippen molar-refractivity contribution in [3.8, 4) is 0 Å². The summed E-state index contributed by atoms with van der Waals surface area (Å²) in [5.74, 6) is -1.55. The van der Waals surface area contributed by atoms with Crippen molar-refractivity contribution in [2.45, 2.75) is 11.8 Å². The molecule has 0 atom stereocenters. The van der Waals surface area contributed by atoms with Crippen molar-refractivity contribution >= 4 is 39.2 Å². The zero-order chi connectivity index (χ0) is 20.3. The zero-order valence-electron chi connectivity index (χ0n) is 14.5. The predicted molar refractivity (Wildman–Crippen MR) is 103 cm³/mol. The highest BCUT2D eigenvalue weighted by molar-refractivity contribution is 7.92. The normalized spacial score (nSPS) is 11.1. The van der Waals surface area contributed by atoms with Crippen LogP contribution in [0.25, 0.3) is 0 Å². The largest absolute Gasteiger partial charge is 0.322 e. The van der Waals surface area contributed by atoms with Gasteiger partial charge in [-0.1, -0.05) is 17.7 Å². The first-order valence-electron chi connectivity index (χ1n) is 7.94. The lowest BCUT2D eigenvalue weighted by molar-refractivity contribution is 0.102. The summed E-state index contributed by atoms with van der Waals surface area (Å²) in [4.78, 5) is 20.0. The Bertz CT molecular complexity index is 1120. The van der Waals surface area contributed by atoms with Crippen molar-refractivity contribution in [2.75, 3.05) is 10.0 Å². The van der Waals surface area contributed by atoms with Gasteiger partial charge < -0.3 is 5.32 Å². The van der Waals surface area contributed by atoms with Crippen LogP contribution in [0.1, 0.15) is 16.1 Å². The van der Waals surface area contributed by atoms with Crippen LogP contribution in [0.2, 0.25) is 5.02 Å². The van der Waals surface area contributed by atoms with Gasteiger partial charge in [-0.05, 0) is 49.4 Å². The van der Waals surface area contributed by atoms with E-state index in [1.54, 1.807) is 13.0 Å². The van der Waals surface area contributed by atoms with Crippen molar-refractivity contribution in [1.82, 2.24) is 9.97 Å². The Hall–Kier alpha value is -3.04. The van der Waals surface area contributed by atoms with E-state index in [4.69, 9.17) is 11.6 Å². The van der Waals surface area contributed by atoms with Gasteiger partial charge in [0.15, 0.2) is 0 Å². The molecule has 0 spiro atoms. The minimum Gasteiger partial charge on any atom is -0.322 e. The molecule has 0 fully saturated rings. The molecule has 0 bridgehead atoms. The van der Waals surface area contributed by atoms with Gasteiger partial charge in [0.25, 0.3) is 15.9 Å². The van der Waals surface area contributed by atoms with E-state index < -0.39 is 21.7 Å². The fourth-order valence-corrected chi connectivity index (χ4v) is 3.50. The molecule has 0 unspecified atom stereocenters. The van der Waals surface area contributed by atoms with Crippen molar-refractivity contribution in [2.24, 2.45) is 0 Å². The highest BCUT2D eigenvalue weighted by Gasteiger charge is 2.18. The predicted octanol–water partition coefficient (Wildman–Crippen LogP) is 3.63. The molecule has 2 aromatic carbocycles. The summed E-state index contributed by atoms with van der Waals surface area (Å²) in [7, 11) is -3.91. The second-order valence-electron chi connectivity index (χ2n) is 5.70. The van der Waals surface area contributed by atoms with E-state index in [9.17, 15) is 17.6 Å². The molecule has 28 heavy (non-hydrogen) atoms. The van der Waals surface area contributed by atoms with Crippen molar-refractivity contribution < 1.29 is 17.6 Å². The Morgan fingerprint density at radius 2 is 1.82 bits per heavy atom. The van der Waals surface area contributed by atoms with Crippen LogP contribution in [0.5, 0.6) is 0 Å². The molecule has 1 aromatic heterocycles. The average molecular weight is 421 g/mol. The Morgan fingerprint density at radius 3 is 2.46 bits per heavy atom. The molecule has 0 aliphatic rings. The SMILES string of the molecule is Cc1ccnc(NS(=O)(=O)c2ccc(NC(=O)c3c(F)cccc3Cl)cc2)n1. The number of anilines is 2. The maximum atomic E-state index is 13.8. The lowest BCUT2D eigenvalue weighted by atomic mass is 10.2. The number of nitrogens with one attached hydrogen (secondary N) is 2. The number of sulfonamides is 1. The topological polar surface area (TPSA) is 101 Å². The maximum Gasteiger partial charge on any atom is 0.264 e. The van der Waals surface area contributed by atoms with E-state index in [0.717, 1.165) is 6.07 Å². The minimum atomic E-state index is -3.91. The van der Waals surface area contributed by atoms with Gasteiger partial charge in [0.1, 0.15) is 5.82 Å². The molecule has 0 saturated heterocycles. The van der Waals surface area contributed by atoms with Gasteiger partial charge in [-0.25, -0.2) is 27.5 Å². The first-order chi connectivity index (χ1) is 13.3. The monoisotopic (exact) mass is 420 g/mol. The summed E-state index contributed by atoms with van der Waals surface area (Å²) in [6.07, 6.45) is 1.44. The second-order valence-corrected chi connectivity index (χ2v) is 7.79. The molecule has 0 aliphatic heterocycles. The standard InChI is InChI=1S/C18H14ClFN4O3S/c1-11-9-10-21-18(22-11)24-28(26,27)13-7-5-12(6-8-13)23-17(25)16-14(19)3-2-4-15(16)20/h2-10H,1H3,(H,23,25)(H,21,22,24). The van der Waals surface area contributed by atoms with Gasteiger partial charge in [-0.15, -0.1) is 0 Å². The van der Waals surface area contributed by atoms with E-state index in [1.807, 2.05) is 0 Å². The summed E-state index contributed by atoms with van der Waals surface area (Å²) < 4.78 is 40.9. The van der Waals surface area contributed by atoms with Crippen molar-refractivity contribution in [1.29, 1.82) is 0 Å². The summed E-state index contributed by atoms with van der Waals surface area (Å²) >= 11 is 5.86. The molecular formula is C18H14ClFN4O3S. The highest BCUT2D eigenvalue weighted by Crippen LogP contribution is 2.22. The number of benzene rings is 2. The number of nitrogens with zero attached hydrogens (tertiary/aromatic N) is 2. The molecule has 3 rings (SSSR count). The summed E-state index contributed by atoms with van der Waals surface area (Å²) in [5.41, 5.74) is 0.590. The molecule has 1 heterocycles. The number of halogens is 2. The molecule has 0 aliphatic carbocycles. The van der Waals surface area contributed by atoms with Gasteiger partial charge in [-0.2, -0.15) is 0 Å². The second kappa shape index (κ2) is 7.91. The number of hydrogen-bond donors (Lipinski definition) is 2. The highest BCUT2D eigenvalue weighted by atomic mass is 35.5. The number of amides is 1. The third-order valence-corrected chi connectivity index (χ3v) is 5.29. The van der Waals surface area contributed by atoms with E-state index in [2.05, 4.69) is 20.0 Å². The van der Waals surface area contributed by atoms with E-state index in [1.165, 1.54) is 42.6 Å². The Kier molecular flexibility index (Phi) is 5.57. The number of aromatic nitrogens is 2. The summed E-state index contributed by atoms with van der Waals surface area (Å²) in [6.45, 7) is 1.71. The number of aryl methyl sites for hydroxylation is 1. The lowest BCUT2D eigenvalue weighted by Crippen LogP contribution is -2.16. The smallest absolute Gasteiger partial charge is 0.264 e. The van der Waals surface area contributed by atoms with Crippen LogP contribution in [0.15, 0.2) is 59.6 Å². The van der Waals surface area contributed by atoms with E-state index >= 15 is 0 Å². The average Bonchev–Trinajstić information content (AvgIpc) is 2.61. The fraction of sp³-hybridized carbons (Fsp3) is 0.0556. The molecule has 144 valence electrons. The van der Waals surface area contributed by atoms with Crippen LogP contribution in [0.4, 0.5) is 16.0 Å². The molecule has 7 nitrogen and oxygen atoms in total. The zero-order valence-corrected chi connectivity index (χ0v) is 16.1. The molecule has 1 amide bonds. The van der Waals surface area contributed by atoms with Gasteiger partial charge in [0.05, 0.1) is 15.5 Å². The minimum absolute atomic E-state index is 0.0287. The van der Waals surface area contributed by atoms with Crippen LogP contribution in [0.3, 0.4) is 0 Å².